The van der Waals surface area contributed by atoms with Gasteiger partial charge in [0.05, 0.1) is 0 Å². The summed E-state index contributed by atoms with van der Waals surface area (Å²) in [6.45, 7) is 3.43. The smallest absolute Gasteiger partial charge is 0.247 e. The summed E-state index contributed by atoms with van der Waals surface area (Å²) in [7, 11) is 0. The highest BCUT2D eigenvalue weighted by Crippen LogP contribution is 2.43. The van der Waals surface area contributed by atoms with Gasteiger partial charge >= 0.3 is 0 Å². The average Bonchev–Trinajstić information content (AvgIpc) is 2.36. The Kier molecular flexibility index (Phi) is 2.47. The molecule has 0 atom stereocenters. The van der Waals surface area contributed by atoms with E-state index in [2.05, 4.69) is 24.0 Å². The van der Waals surface area contributed by atoms with Crippen LogP contribution in [0, 0.1) is 0 Å². The second-order valence-corrected chi connectivity index (χ2v) is 4.80. The quantitative estimate of drug-likeness (QED) is 0.808. The van der Waals surface area contributed by atoms with Crippen molar-refractivity contribution >= 4 is 17.7 Å². The molecule has 0 unspecified atom stereocenters. The number of carbonyl (C=O) groups excluding carboxylic acids is 1. The average molecular weight is 241 g/mol. The molecule has 1 heterocycles. The van der Waals surface area contributed by atoms with Crippen molar-refractivity contribution in [2.24, 2.45) is 0 Å². The Bertz CT molecular complexity index is 541. The maximum Gasteiger partial charge on any atom is 0.247 e. The van der Waals surface area contributed by atoms with Gasteiger partial charge < -0.3 is 10.1 Å². The molecule has 1 aromatic carbocycles. The number of anilines is 1. The first-order valence-corrected chi connectivity index (χ1v) is 6.17. The topological polar surface area (TPSA) is 38.3 Å². The third kappa shape index (κ3) is 1.82. The molecule has 1 N–H and O–H groups in total. The SMILES string of the molecule is C=CC(=O)Nc1ccc2c(c1)C=CC1(CCC1)O2. The number of nitrogens with one attached hydrogen (secondary N) is 1. The van der Waals surface area contributed by atoms with Gasteiger partial charge in [-0.2, -0.15) is 0 Å². The predicted molar refractivity (Wildman–Crippen MR) is 71.5 cm³/mol. The van der Waals surface area contributed by atoms with Crippen molar-refractivity contribution in [1.82, 2.24) is 0 Å². The Morgan fingerprint density at radius 2 is 2.28 bits per heavy atom. The van der Waals surface area contributed by atoms with Crippen LogP contribution in [0.2, 0.25) is 0 Å². The van der Waals surface area contributed by atoms with E-state index in [1.54, 1.807) is 0 Å². The molecule has 1 aliphatic carbocycles. The van der Waals surface area contributed by atoms with Gasteiger partial charge in [0.1, 0.15) is 11.4 Å². The molecule has 2 aliphatic rings. The normalized spacial score (nSPS) is 18.4. The van der Waals surface area contributed by atoms with E-state index in [9.17, 15) is 4.79 Å². The van der Waals surface area contributed by atoms with E-state index in [1.807, 2.05) is 18.2 Å². The molecule has 0 bridgehead atoms. The highest BCUT2D eigenvalue weighted by Gasteiger charge is 2.38. The molecule has 0 saturated heterocycles. The molecule has 3 rings (SSSR count). The lowest BCUT2D eigenvalue weighted by Gasteiger charge is -2.41. The summed E-state index contributed by atoms with van der Waals surface area (Å²) in [6.07, 6.45) is 8.90. The van der Waals surface area contributed by atoms with E-state index in [0.29, 0.717) is 0 Å². The molecule has 1 fully saturated rings. The van der Waals surface area contributed by atoms with Crippen molar-refractivity contribution in [3.8, 4) is 5.75 Å². The Morgan fingerprint density at radius 3 is 2.94 bits per heavy atom. The molecular weight excluding hydrogens is 226 g/mol. The molecule has 18 heavy (non-hydrogen) atoms. The zero-order chi connectivity index (χ0) is 12.6. The third-order valence-corrected chi connectivity index (χ3v) is 3.54. The molecule has 1 saturated carbocycles. The lowest BCUT2D eigenvalue weighted by molar-refractivity contribution is -0.111. The van der Waals surface area contributed by atoms with E-state index >= 15 is 0 Å². The van der Waals surface area contributed by atoms with Crippen LogP contribution in [-0.4, -0.2) is 11.5 Å². The fourth-order valence-electron chi connectivity index (χ4n) is 2.33. The molecule has 1 spiro atoms. The molecule has 0 radical (unpaired) electrons. The molecule has 1 aromatic rings. The zero-order valence-electron chi connectivity index (χ0n) is 10.1. The molecular formula is C15H15NO2. The third-order valence-electron chi connectivity index (χ3n) is 3.54. The van der Waals surface area contributed by atoms with Gasteiger partial charge in [0.25, 0.3) is 0 Å². The second kappa shape index (κ2) is 4.02. The number of carbonyl (C=O) groups is 1. The highest BCUT2D eigenvalue weighted by molar-refractivity contribution is 5.99. The molecule has 0 aromatic heterocycles. The number of benzene rings is 1. The largest absolute Gasteiger partial charge is 0.483 e. The summed E-state index contributed by atoms with van der Waals surface area (Å²) < 4.78 is 6.02. The molecule has 3 heteroatoms. The summed E-state index contributed by atoms with van der Waals surface area (Å²) in [5.41, 5.74) is 1.71. The number of hydrogen-bond acceptors (Lipinski definition) is 2. The van der Waals surface area contributed by atoms with Crippen LogP contribution in [-0.2, 0) is 4.79 Å². The van der Waals surface area contributed by atoms with Gasteiger partial charge in [0.15, 0.2) is 0 Å². The van der Waals surface area contributed by atoms with Gasteiger partial charge in [-0.05, 0) is 49.6 Å². The summed E-state index contributed by atoms with van der Waals surface area (Å²) in [5.74, 6) is 0.694. The van der Waals surface area contributed by atoms with Crippen LogP contribution >= 0.6 is 0 Å². The molecule has 1 aliphatic heterocycles. The number of hydrogen-bond donors (Lipinski definition) is 1. The monoisotopic (exact) mass is 241 g/mol. The van der Waals surface area contributed by atoms with Crippen LogP contribution in [0.4, 0.5) is 5.69 Å². The van der Waals surface area contributed by atoms with E-state index in [0.717, 1.165) is 29.8 Å². The lowest BCUT2D eigenvalue weighted by Crippen LogP contribution is -2.42. The van der Waals surface area contributed by atoms with Crippen LogP contribution in [0.25, 0.3) is 6.08 Å². The Balaban J connectivity index is 1.85. The number of fused-ring (bicyclic) bond motifs is 1. The minimum Gasteiger partial charge on any atom is -0.483 e. The molecule has 1 amide bonds. The maximum atomic E-state index is 11.2. The maximum absolute atomic E-state index is 11.2. The first kappa shape index (κ1) is 11.1. The van der Waals surface area contributed by atoms with Gasteiger partial charge in [-0.1, -0.05) is 12.7 Å². The second-order valence-electron chi connectivity index (χ2n) is 4.80. The Morgan fingerprint density at radius 1 is 1.44 bits per heavy atom. The van der Waals surface area contributed by atoms with E-state index in [4.69, 9.17) is 4.74 Å². The minimum atomic E-state index is -0.203. The van der Waals surface area contributed by atoms with Crippen LogP contribution < -0.4 is 10.1 Å². The standard InChI is InChI=1S/C15H15NO2/c1-2-14(17)16-12-4-5-13-11(10-12)6-9-15(18-13)7-3-8-15/h2,4-6,9-10H,1,3,7-8H2,(H,16,17). The number of amides is 1. The van der Waals surface area contributed by atoms with Crippen molar-refractivity contribution < 1.29 is 9.53 Å². The van der Waals surface area contributed by atoms with Crippen LogP contribution in [0.5, 0.6) is 5.75 Å². The van der Waals surface area contributed by atoms with Gasteiger partial charge in [-0.15, -0.1) is 0 Å². The van der Waals surface area contributed by atoms with Gasteiger partial charge in [-0.3, -0.25) is 4.79 Å². The number of ether oxygens (including phenoxy) is 1. The fraction of sp³-hybridized carbons (Fsp3) is 0.267. The summed E-state index contributed by atoms with van der Waals surface area (Å²) in [5, 5.41) is 2.74. The van der Waals surface area contributed by atoms with Crippen LogP contribution in [0.3, 0.4) is 0 Å². The van der Waals surface area contributed by atoms with Crippen molar-refractivity contribution in [2.75, 3.05) is 5.32 Å². The van der Waals surface area contributed by atoms with Gasteiger partial charge in [-0.25, -0.2) is 0 Å². The van der Waals surface area contributed by atoms with Crippen molar-refractivity contribution in [3.05, 3.63) is 42.5 Å². The van der Waals surface area contributed by atoms with E-state index in [-0.39, 0.29) is 11.5 Å². The minimum absolute atomic E-state index is 0.0567. The zero-order valence-corrected chi connectivity index (χ0v) is 10.1. The number of rotatable bonds is 2. The first-order chi connectivity index (χ1) is 8.71. The van der Waals surface area contributed by atoms with Crippen LogP contribution in [0.1, 0.15) is 24.8 Å². The van der Waals surface area contributed by atoms with Crippen LogP contribution in [0.15, 0.2) is 36.9 Å². The first-order valence-electron chi connectivity index (χ1n) is 6.17. The van der Waals surface area contributed by atoms with Gasteiger partial charge in [0, 0.05) is 11.3 Å². The Hall–Kier alpha value is -2.03. The lowest BCUT2D eigenvalue weighted by atomic mass is 9.78. The Labute approximate surface area is 106 Å². The molecule has 92 valence electrons. The summed E-state index contributed by atoms with van der Waals surface area (Å²) in [4.78, 5) is 11.2. The molecule has 3 nitrogen and oxygen atoms in total. The predicted octanol–water partition coefficient (Wildman–Crippen LogP) is 3.14. The fourth-order valence-corrected chi connectivity index (χ4v) is 2.33. The van der Waals surface area contributed by atoms with E-state index < -0.39 is 0 Å². The van der Waals surface area contributed by atoms with E-state index in [1.165, 1.54) is 12.5 Å². The van der Waals surface area contributed by atoms with Crippen molar-refractivity contribution in [1.29, 1.82) is 0 Å². The van der Waals surface area contributed by atoms with Crippen molar-refractivity contribution in [2.45, 2.75) is 24.9 Å². The van der Waals surface area contributed by atoms with Crippen molar-refractivity contribution in [3.63, 3.8) is 0 Å². The summed E-state index contributed by atoms with van der Waals surface area (Å²) in [6, 6.07) is 5.68. The van der Waals surface area contributed by atoms with Gasteiger partial charge in [0.2, 0.25) is 5.91 Å². The summed E-state index contributed by atoms with van der Waals surface area (Å²) >= 11 is 0. The highest BCUT2D eigenvalue weighted by atomic mass is 16.5.